The Morgan fingerprint density at radius 1 is 1.52 bits per heavy atom. The number of fused-ring (bicyclic) bond motifs is 1. The number of morpholine rings is 1. The molecule has 0 spiro atoms. The average Bonchev–Trinajstić information content (AvgIpc) is 2.92. The van der Waals surface area contributed by atoms with Gasteiger partial charge in [-0.3, -0.25) is 9.69 Å². The van der Waals surface area contributed by atoms with Crippen LogP contribution in [0.15, 0.2) is 18.2 Å². The van der Waals surface area contributed by atoms with E-state index < -0.39 is 0 Å². The van der Waals surface area contributed by atoms with E-state index in [4.69, 9.17) is 10.5 Å². The maximum absolute atomic E-state index is 12.3. The van der Waals surface area contributed by atoms with Gasteiger partial charge < -0.3 is 15.8 Å². The molecule has 2 fully saturated rings. The molecule has 1 amide bonds. The summed E-state index contributed by atoms with van der Waals surface area (Å²) in [5, 5.41) is 2.96. The highest BCUT2D eigenvalue weighted by Gasteiger charge is 2.32. The van der Waals surface area contributed by atoms with Gasteiger partial charge in [-0.05, 0) is 37.9 Å². The number of amides is 1. The first-order chi connectivity index (χ1) is 10.1. The van der Waals surface area contributed by atoms with Gasteiger partial charge in [-0.15, -0.1) is 0 Å². The molecule has 0 aromatic heterocycles. The number of ether oxygens (including phenoxy) is 1. The summed E-state index contributed by atoms with van der Waals surface area (Å²) in [5.41, 5.74) is 7.90. The van der Waals surface area contributed by atoms with Gasteiger partial charge in [0.2, 0.25) is 0 Å². The van der Waals surface area contributed by atoms with Gasteiger partial charge in [0.25, 0.3) is 5.91 Å². The molecule has 114 valence electrons. The van der Waals surface area contributed by atoms with Crippen LogP contribution in [0.5, 0.6) is 0 Å². The normalized spacial score (nSPS) is 25.6. The summed E-state index contributed by atoms with van der Waals surface area (Å²) in [5.74, 6) is -0.113. The van der Waals surface area contributed by atoms with Crippen molar-refractivity contribution >= 4 is 11.6 Å². The van der Waals surface area contributed by atoms with E-state index in [1.807, 2.05) is 19.1 Å². The predicted molar refractivity (Wildman–Crippen MR) is 82.3 cm³/mol. The van der Waals surface area contributed by atoms with Gasteiger partial charge in [0.15, 0.2) is 0 Å². The first-order valence-corrected chi connectivity index (χ1v) is 7.64. The molecule has 3 N–H and O–H groups in total. The van der Waals surface area contributed by atoms with E-state index in [0.717, 1.165) is 25.3 Å². The smallest absolute Gasteiger partial charge is 0.253 e. The Morgan fingerprint density at radius 2 is 2.38 bits per heavy atom. The summed E-state index contributed by atoms with van der Waals surface area (Å²) < 4.78 is 5.85. The molecule has 2 saturated heterocycles. The number of carbonyl (C=O) groups excluding carboxylic acids is 1. The molecule has 21 heavy (non-hydrogen) atoms. The molecule has 0 radical (unpaired) electrons. The van der Waals surface area contributed by atoms with E-state index in [0.29, 0.717) is 23.8 Å². The molecule has 0 aliphatic carbocycles. The van der Waals surface area contributed by atoms with Gasteiger partial charge >= 0.3 is 0 Å². The van der Waals surface area contributed by atoms with Crippen LogP contribution in [0.1, 0.15) is 28.8 Å². The topological polar surface area (TPSA) is 67.6 Å². The van der Waals surface area contributed by atoms with Crippen molar-refractivity contribution in [3.05, 3.63) is 29.3 Å². The number of rotatable bonds is 3. The first-order valence-electron chi connectivity index (χ1n) is 7.64. The highest BCUT2D eigenvalue weighted by atomic mass is 16.5. The van der Waals surface area contributed by atoms with Crippen LogP contribution in [0.25, 0.3) is 0 Å². The number of aryl methyl sites for hydroxylation is 1. The van der Waals surface area contributed by atoms with Crippen molar-refractivity contribution in [3.63, 3.8) is 0 Å². The van der Waals surface area contributed by atoms with Crippen LogP contribution in [-0.4, -0.2) is 49.2 Å². The Labute approximate surface area is 125 Å². The fraction of sp³-hybridized carbons (Fsp3) is 0.562. The largest absolute Gasteiger partial charge is 0.398 e. The lowest BCUT2D eigenvalue weighted by atomic mass is 10.1. The number of nitrogens with one attached hydrogen (secondary N) is 1. The summed E-state index contributed by atoms with van der Waals surface area (Å²) in [4.78, 5) is 14.8. The maximum atomic E-state index is 12.3. The van der Waals surface area contributed by atoms with E-state index in [2.05, 4.69) is 10.2 Å². The molecular formula is C16H23N3O2. The number of nitrogen functional groups attached to an aromatic ring is 1. The van der Waals surface area contributed by atoms with Crippen LogP contribution in [0.3, 0.4) is 0 Å². The summed E-state index contributed by atoms with van der Waals surface area (Å²) in [6.45, 7) is 5.29. The number of carbonyl (C=O) groups is 1. The van der Waals surface area contributed by atoms with E-state index in [-0.39, 0.29) is 12.0 Å². The second-order valence-corrected chi connectivity index (χ2v) is 6.00. The molecular weight excluding hydrogens is 266 g/mol. The lowest BCUT2D eigenvalue weighted by Crippen LogP contribution is -2.50. The second-order valence-electron chi connectivity index (χ2n) is 6.00. The van der Waals surface area contributed by atoms with Crippen LogP contribution < -0.4 is 11.1 Å². The fourth-order valence-corrected chi connectivity index (χ4v) is 3.30. The van der Waals surface area contributed by atoms with E-state index >= 15 is 0 Å². The Balaban J connectivity index is 1.56. The number of nitrogens with zero attached hydrogens (tertiary/aromatic N) is 1. The number of anilines is 1. The SMILES string of the molecule is Cc1cccc(N)c1C(=O)NCC1CN2CCCC2CO1. The van der Waals surface area contributed by atoms with Crippen LogP contribution in [0, 0.1) is 6.92 Å². The van der Waals surface area contributed by atoms with Crippen LogP contribution >= 0.6 is 0 Å². The lowest BCUT2D eigenvalue weighted by Gasteiger charge is -2.35. The third kappa shape index (κ3) is 3.04. The van der Waals surface area contributed by atoms with Crippen LogP contribution in [-0.2, 0) is 4.74 Å². The number of nitrogens with two attached hydrogens (primary N) is 1. The lowest BCUT2D eigenvalue weighted by molar-refractivity contribution is -0.0461. The van der Waals surface area contributed by atoms with E-state index in [1.54, 1.807) is 6.07 Å². The predicted octanol–water partition coefficient (Wildman–Crippen LogP) is 1.17. The Morgan fingerprint density at radius 3 is 3.19 bits per heavy atom. The maximum Gasteiger partial charge on any atom is 0.253 e. The van der Waals surface area contributed by atoms with Gasteiger partial charge in [0.05, 0.1) is 18.3 Å². The summed E-state index contributed by atoms with van der Waals surface area (Å²) in [6.07, 6.45) is 2.57. The molecule has 5 nitrogen and oxygen atoms in total. The molecule has 1 aromatic carbocycles. The molecule has 2 heterocycles. The molecule has 2 aliphatic rings. The van der Waals surface area contributed by atoms with Gasteiger partial charge in [0.1, 0.15) is 0 Å². The van der Waals surface area contributed by atoms with Crippen molar-refractivity contribution in [1.29, 1.82) is 0 Å². The highest BCUT2D eigenvalue weighted by molar-refractivity contribution is 6.00. The average molecular weight is 289 g/mol. The third-order valence-electron chi connectivity index (χ3n) is 4.48. The van der Waals surface area contributed by atoms with Crippen molar-refractivity contribution in [3.8, 4) is 0 Å². The van der Waals surface area contributed by atoms with Crippen molar-refractivity contribution in [2.45, 2.75) is 31.9 Å². The molecule has 2 atom stereocenters. The monoisotopic (exact) mass is 289 g/mol. The van der Waals surface area contributed by atoms with Gasteiger partial charge in [-0.1, -0.05) is 12.1 Å². The quantitative estimate of drug-likeness (QED) is 0.820. The zero-order chi connectivity index (χ0) is 14.8. The molecule has 0 saturated carbocycles. The second kappa shape index (κ2) is 6.03. The van der Waals surface area contributed by atoms with Crippen molar-refractivity contribution in [2.75, 3.05) is 32.0 Å². The Bertz CT molecular complexity index is 512. The summed E-state index contributed by atoms with van der Waals surface area (Å²) >= 11 is 0. The van der Waals surface area contributed by atoms with Crippen molar-refractivity contribution < 1.29 is 9.53 Å². The number of benzene rings is 1. The molecule has 1 aromatic rings. The minimum atomic E-state index is -0.113. The molecule has 5 heteroatoms. The minimum absolute atomic E-state index is 0.0774. The Kier molecular flexibility index (Phi) is 4.12. The number of hydrogen-bond acceptors (Lipinski definition) is 4. The Hall–Kier alpha value is -1.59. The zero-order valence-corrected chi connectivity index (χ0v) is 12.5. The highest BCUT2D eigenvalue weighted by Crippen LogP contribution is 2.22. The number of hydrogen-bond donors (Lipinski definition) is 2. The third-order valence-corrected chi connectivity index (χ3v) is 4.48. The van der Waals surface area contributed by atoms with Crippen molar-refractivity contribution in [2.24, 2.45) is 0 Å². The molecule has 2 aliphatic heterocycles. The van der Waals surface area contributed by atoms with Gasteiger partial charge in [0, 0.05) is 24.8 Å². The van der Waals surface area contributed by atoms with E-state index in [9.17, 15) is 4.79 Å². The van der Waals surface area contributed by atoms with E-state index in [1.165, 1.54) is 12.8 Å². The summed E-state index contributed by atoms with van der Waals surface area (Å²) in [6, 6.07) is 6.11. The first kappa shape index (κ1) is 14.4. The molecule has 3 rings (SSSR count). The summed E-state index contributed by atoms with van der Waals surface area (Å²) in [7, 11) is 0. The fourth-order valence-electron chi connectivity index (χ4n) is 3.30. The van der Waals surface area contributed by atoms with Gasteiger partial charge in [-0.2, -0.15) is 0 Å². The zero-order valence-electron chi connectivity index (χ0n) is 12.5. The molecule has 0 bridgehead atoms. The molecule has 2 unspecified atom stereocenters. The minimum Gasteiger partial charge on any atom is -0.398 e. The van der Waals surface area contributed by atoms with Gasteiger partial charge in [-0.25, -0.2) is 0 Å². The standard InChI is InChI=1S/C16H23N3O2/c1-11-4-2-6-14(17)15(11)16(20)18-8-13-9-19-7-3-5-12(19)10-21-13/h2,4,6,12-13H,3,5,7-10,17H2,1H3,(H,18,20). The van der Waals surface area contributed by atoms with Crippen LogP contribution in [0.4, 0.5) is 5.69 Å². The van der Waals surface area contributed by atoms with Crippen LogP contribution in [0.2, 0.25) is 0 Å². The van der Waals surface area contributed by atoms with Crippen molar-refractivity contribution in [1.82, 2.24) is 10.2 Å².